The summed E-state index contributed by atoms with van der Waals surface area (Å²) in [6.45, 7) is 3.32. The van der Waals surface area contributed by atoms with Crippen LogP contribution in [0.2, 0.25) is 0 Å². The van der Waals surface area contributed by atoms with Gasteiger partial charge in [0.25, 0.3) is 5.91 Å². The smallest absolute Gasteiger partial charge is 0.351 e. The average molecular weight is 444 g/mol. The Bertz CT molecular complexity index is 1250. The van der Waals surface area contributed by atoms with Gasteiger partial charge in [0.05, 0.1) is 18.2 Å². The molecule has 0 spiro atoms. The Kier molecular flexibility index (Phi) is 7.06. The number of nitriles is 1. The number of nitrogens with zero attached hydrogens (tertiary/aromatic N) is 1. The van der Waals surface area contributed by atoms with Gasteiger partial charge in [-0.3, -0.25) is 15.3 Å². The highest BCUT2D eigenvalue weighted by Gasteiger charge is 2.39. The summed E-state index contributed by atoms with van der Waals surface area (Å²) in [4.78, 5) is 37.1. The lowest BCUT2D eigenvalue weighted by molar-refractivity contribution is -0.153. The molecule has 0 bridgehead atoms. The molecule has 8 nitrogen and oxygen atoms in total. The number of benzene rings is 3. The molecule has 0 radical (unpaired) electrons. The maximum absolute atomic E-state index is 12.9. The van der Waals surface area contributed by atoms with E-state index in [1.165, 1.54) is 6.92 Å². The highest BCUT2D eigenvalue weighted by molar-refractivity contribution is 6.07. The normalized spacial score (nSPS) is 12.3. The zero-order chi connectivity index (χ0) is 24.0. The average Bonchev–Trinajstić information content (AvgIpc) is 2.81. The summed E-state index contributed by atoms with van der Waals surface area (Å²) in [5.41, 5.74) is 6.60. The van der Waals surface area contributed by atoms with Crippen LogP contribution >= 0.6 is 0 Å². The molecule has 0 aromatic heterocycles. The molecule has 4 N–H and O–H groups in total. The molecule has 3 rings (SSSR count). The number of rotatable bonds is 7. The molecule has 8 heteroatoms. The van der Waals surface area contributed by atoms with E-state index in [4.69, 9.17) is 15.7 Å². The molecular formula is C25H24N4O4. The predicted octanol–water partition coefficient (Wildman–Crippen LogP) is 2.45. The summed E-state index contributed by atoms with van der Waals surface area (Å²) in [5.74, 6) is -1.54. The Labute approximate surface area is 191 Å². The zero-order valence-corrected chi connectivity index (χ0v) is 18.3. The van der Waals surface area contributed by atoms with E-state index in [-0.39, 0.29) is 12.5 Å². The summed E-state index contributed by atoms with van der Waals surface area (Å²) in [5, 5.41) is 15.6. The minimum Gasteiger partial charge on any atom is -0.463 e. The third kappa shape index (κ3) is 5.17. The van der Waals surface area contributed by atoms with E-state index in [2.05, 4.69) is 16.7 Å². The topological polar surface area (TPSA) is 134 Å². The van der Waals surface area contributed by atoms with Crippen molar-refractivity contribution in [3.8, 4) is 6.07 Å². The molecule has 1 atom stereocenters. The second-order valence-electron chi connectivity index (χ2n) is 7.44. The molecule has 1 unspecified atom stereocenters. The second-order valence-corrected chi connectivity index (χ2v) is 7.44. The van der Waals surface area contributed by atoms with Crippen molar-refractivity contribution < 1.29 is 19.1 Å². The van der Waals surface area contributed by atoms with Crippen LogP contribution < -0.4 is 16.4 Å². The summed E-state index contributed by atoms with van der Waals surface area (Å²) < 4.78 is 5.06. The Balaban J connectivity index is 1.89. The molecule has 0 saturated heterocycles. The van der Waals surface area contributed by atoms with E-state index in [0.717, 1.165) is 5.56 Å². The van der Waals surface area contributed by atoms with E-state index < -0.39 is 17.5 Å². The minimum absolute atomic E-state index is 0.106. The maximum Gasteiger partial charge on any atom is 0.351 e. The van der Waals surface area contributed by atoms with Crippen LogP contribution in [0.25, 0.3) is 10.8 Å². The van der Waals surface area contributed by atoms with Crippen molar-refractivity contribution in [2.24, 2.45) is 5.73 Å². The van der Waals surface area contributed by atoms with Gasteiger partial charge in [-0.25, -0.2) is 4.79 Å². The molecule has 168 valence electrons. The van der Waals surface area contributed by atoms with Gasteiger partial charge in [-0.1, -0.05) is 36.4 Å². The van der Waals surface area contributed by atoms with E-state index in [1.54, 1.807) is 67.6 Å². The number of amides is 2. The monoisotopic (exact) mass is 444 g/mol. The zero-order valence-electron chi connectivity index (χ0n) is 18.3. The van der Waals surface area contributed by atoms with E-state index in [1.807, 2.05) is 0 Å². The van der Waals surface area contributed by atoms with E-state index in [0.29, 0.717) is 34.0 Å². The number of nitrogens with two attached hydrogens (primary N) is 1. The lowest BCUT2D eigenvalue weighted by atomic mass is 9.94. The fourth-order valence-corrected chi connectivity index (χ4v) is 3.47. The highest BCUT2D eigenvalue weighted by atomic mass is 16.5. The number of hydrogen-bond acceptors (Lipinski definition) is 6. The molecule has 33 heavy (non-hydrogen) atoms. The number of carbonyl (C=O) groups excluding carboxylic acids is 3. The van der Waals surface area contributed by atoms with Crippen molar-refractivity contribution in [1.29, 1.82) is 5.26 Å². The highest BCUT2D eigenvalue weighted by Crippen LogP contribution is 2.26. The van der Waals surface area contributed by atoms with Crippen LogP contribution in [0.5, 0.6) is 0 Å². The first-order valence-electron chi connectivity index (χ1n) is 10.3. The number of nitrogens with one attached hydrogen (secondary N) is 2. The van der Waals surface area contributed by atoms with Gasteiger partial charge in [-0.05, 0) is 47.5 Å². The molecule has 0 aliphatic carbocycles. The van der Waals surface area contributed by atoms with Crippen LogP contribution in [-0.2, 0) is 26.5 Å². The van der Waals surface area contributed by atoms with Crippen molar-refractivity contribution >= 4 is 28.6 Å². The summed E-state index contributed by atoms with van der Waals surface area (Å²) in [7, 11) is 0. The molecule has 0 aliphatic rings. The van der Waals surface area contributed by atoms with Gasteiger partial charge in [-0.2, -0.15) is 5.26 Å². The molecule has 0 saturated carbocycles. The molecule has 3 aromatic rings. The van der Waals surface area contributed by atoms with Gasteiger partial charge < -0.3 is 15.4 Å². The largest absolute Gasteiger partial charge is 0.463 e. The summed E-state index contributed by atoms with van der Waals surface area (Å²) >= 11 is 0. The van der Waals surface area contributed by atoms with Crippen molar-refractivity contribution in [1.82, 2.24) is 10.6 Å². The van der Waals surface area contributed by atoms with Crippen molar-refractivity contribution in [2.75, 3.05) is 6.61 Å². The molecule has 3 aromatic carbocycles. The van der Waals surface area contributed by atoms with E-state index >= 15 is 0 Å². The summed E-state index contributed by atoms with van der Waals surface area (Å²) in [6.07, 6.45) is 0. The maximum atomic E-state index is 12.9. The fraction of sp³-hybridized carbons (Fsp3) is 0.200. The first-order valence-corrected chi connectivity index (χ1v) is 10.3. The number of carbonyl (C=O) groups is 3. The standard InChI is InChI=1S/C25H24N4O4/c1-3-33-24(32)25(27,29-16(2)30)20-11-12-21-19(13-20)5-4-6-22(21)23(31)28-15-18-9-7-17(14-26)8-10-18/h4-13H,3,15,27H2,1-2H3,(H,28,31)(H,29,30). The Morgan fingerprint density at radius 1 is 1.09 bits per heavy atom. The van der Waals surface area contributed by atoms with Crippen molar-refractivity contribution in [2.45, 2.75) is 26.1 Å². The third-order valence-corrected chi connectivity index (χ3v) is 5.09. The molecule has 0 heterocycles. The van der Waals surface area contributed by atoms with Gasteiger partial charge in [0.2, 0.25) is 11.6 Å². The first kappa shape index (κ1) is 23.4. The second kappa shape index (κ2) is 9.94. The quantitative estimate of drug-likeness (QED) is 0.379. The number of ether oxygens (including phenoxy) is 1. The predicted molar refractivity (Wildman–Crippen MR) is 123 cm³/mol. The Morgan fingerprint density at radius 2 is 1.82 bits per heavy atom. The van der Waals surface area contributed by atoms with Crippen molar-refractivity contribution in [3.63, 3.8) is 0 Å². The number of fused-ring (bicyclic) bond motifs is 1. The lowest BCUT2D eigenvalue weighted by Crippen LogP contribution is -2.58. The van der Waals surface area contributed by atoms with Crippen LogP contribution in [0.1, 0.15) is 40.9 Å². The van der Waals surface area contributed by atoms with Crippen LogP contribution in [-0.4, -0.2) is 24.4 Å². The van der Waals surface area contributed by atoms with Gasteiger partial charge in [0, 0.05) is 24.6 Å². The van der Waals surface area contributed by atoms with Gasteiger partial charge in [-0.15, -0.1) is 0 Å². The summed E-state index contributed by atoms with van der Waals surface area (Å²) in [6, 6.07) is 19.1. The van der Waals surface area contributed by atoms with Gasteiger partial charge in [0.15, 0.2) is 0 Å². The Morgan fingerprint density at radius 3 is 2.45 bits per heavy atom. The molecular weight excluding hydrogens is 420 g/mol. The third-order valence-electron chi connectivity index (χ3n) is 5.09. The molecule has 0 fully saturated rings. The van der Waals surface area contributed by atoms with Gasteiger partial charge >= 0.3 is 5.97 Å². The van der Waals surface area contributed by atoms with Crippen LogP contribution in [0.3, 0.4) is 0 Å². The molecule has 0 aliphatic heterocycles. The number of esters is 1. The minimum atomic E-state index is -1.86. The fourth-order valence-electron chi connectivity index (χ4n) is 3.47. The number of hydrogen-bond donors (Lipinski definition) is 3. The Hall–Kier alpha value is -4.22. The lowest BCUT2D eigenvalue weighted by Gasteiger charge is -2.28. The first-order chi connectivity index (χ1) is 15.8. The van der Waals surface area contributed by atoms with E-state index in [9.17, 15) is 14.4 Å². The van der Waals surface area contributed by atoms with Crippen LogP contribution in [0, 0.1) is 11.3 Å². The van der Waals surface area contributed by atoms with Crippen LogP contribution in [0.4, 0.5) is 0 Å². The van der Waals surface area contributed by atoms with Crippen molar-refractivity contribution in [3.05, 3.63) is 82.9 Å². The molecule has 2 amide bonds. The van der Waals surface area contributed by atoms with Crippen LogP contribution in [0.15, 0.2) is 60.7 Å². The SMILES string of the molecule is CCOC(=O)C(N)(NC(C)=O)c1ccc2c(C(=O)NCc3ccc(C#N)cc3)cccc2c1. The van der Waals surface area contributed by atoms with Gasteiger partial charge in [0.1, 0.15) is 0 Å².